The second-order valence-corrected chi connectivity index (χ2v) is 6.95. The van der Waals surface area contributed by atoms with Gasteiger partial charge >= 0.3 is 4.87 Å². The molecular formula is C11H10F2N2O3S2. The van der Waals surface area contributed by atoms with Crippen molar-refractivity contribution < 1.29 is 17.2 Å². The molecule has 2 rings (SSSR count). The maximum Gasteiger partial charge on any atom is 0.305 e. The van der Waals surface area contributed by atoms with E-state index in [0.29, 0.717) is 11.3 Å². The molecule has 1 heterocycles. The van der Waals surface area contributed by atoms with Crippen molar-refractivity contribution in [2.24, 2.45) is 0 Å². The molecule has 1 aromatic heterocycles. The van der Waals surface area contributed by atoms with E-state index >= 15 is 0 Å². The highest BCUT2D eigenvalue weighted by atomic mass is 32.2. The summed E-state index contributed by atoms with van der Waals surface area (Å²) in [6.45, 7) is 1.26. The largest absolute Gasteiger partial charge is 0.315 e. The summed E-state index contributed by atoms with van der Waals surface area (Å²) in [5, 5.41) is 0. The number of aromatic amines is 1. The molecule has 0 bridgehead atoms. The third-order valence-electron chi connectivity index (χ3n) is 2.48. The van der Waals surface area contributed by atoms with Crippen LogP contribution < -0.4 is 9.60 Å². The zero-order valence-electron chi connectivity index (χ0n) is 10.2. The minimum absolute atomic E-state index is 0.120. The lowest BCUT2D eigenvalue weighted by molar-refractivity contribution is 0.506. The van der Waals surface area contributed by atoms with Crippen molar-refractivity contribution in [1.82, 2.24) is 9.71 Å². The van der Waals surface area contributed by atoms with Crippen LogP contribution >= 0.6 is 11.3 Å². The monoisotopic (exact) mass is 320 g/mol. The van der Waals surface area contributed by atoms with Crippen LogP contribution in [0, 0.1) is 18.6 Å². The summed E-state index contributed by atoms with van der Waals surface area (Å²) in [6.07, 6.45) is 0. The number of halogens is 2. The Balaban J connectivity index is 2.19. The molecule has 5 nitrogen and oxygen atoms in total. The SMILES string of the molecule is Cc1[nH]c(=O)sc1S(=O)(=O)NCc1ccc(F)c(F)c1. The molecule has 0 spiro atoms. The maximum absolute atomic E-state index is 13.0. The minimum Gasteiger partial charge on any atom is -0.315 e. The molecule has 0 aliphatic rings. The summed E-state index contributed by atoms with van der Waals surface area (Å²) < 4.78 is 51.8. The molecule has 1 aromatic carbocycles. The van der Waals surface area contributed by atoms with Crippen molar-refractivity contribution in [2.45, 2.75) is 17.7 Å². The number of H-pyrrole nitrogens is 1. The molecule has 0 fully saturated rings. The van der Waals surface area contributed by atoms with Gasteiger partial charge in [0, 0.05) is 12.2 Å². The van der Waals surface area contributed by atoms with Crippen molar-refractivity contribution in [1.29, 1.82) is 0 Å². The van der Waals surface area contributed by atoms with Crippen LogP contribution in [0.1, 0.15) is 11.3 Å². The third-order valence-corrected chi connectivity index (χ3v) is 5.48. The van der Waals surface area contributed by atoms with Gasteiger partial charge in [0.25, 0.3) is 10.0 Å². The first-order chi connectivity index (χ1) is 9.29. The Morgan fingerprint density at radius 3 is 2.55 bits per heavy atom. The number of sulfonamides is 1. The lowest BCUT2D eigenvalue weighted by Crippen LogP contribution is -2.23. The fourth-order valence-corrected chi connectivity index (χ4v) is 3.90. The van der Waals surface area contributed by atoms with Gasteiger partial charge in [0.05, 0.1) is 0 Å². The van der Waals surface area contributed by atoms with E-state index in [1.54, 1.807) is 0 Å². The first kappa shape index (κ1) is 14.8. The Bertz CT molecular complexity index is 796. The van der Waals surface area contributed by atoms with E-state index in [2.05, 4.69) is 9.71 Å². The molecule has 108 valence electrons. The number of nitrogens with one attached hydrogen (secondary N) is 2. The Hall–Kier alpha value is -1.58. The summed E-state index contributed by atoms with van der Waals surface area (Å²) >= 11 is 0.566. The molecule has 0 saturated carbocycles. The summed E-state index contributed by atoms with van der Waals surface area (Å²) in [4.78, 5) is 13.0. The normalized spacial score (nSPS) is 11.8. The molecule has 0 radical (unpaired) electrons. The fourth-order valence-electron chi connectivity index (χ4n) is 1.54. The third kappa shape index (κ3) is 3.11. The van der Waals surface area contributed by atoms with Gasteiger partial charge in [0.2, 0.25) is 0 Å². The second-order valence-electron chi connectivity index (χ2n) is 4.00. The maximum atomic E-state index is 13.0. The molecule has 0 unspecified atom stereocenters. The molecule has 0 aliphatic heterocycles. The molecule has 0 saturated heterocycles. The van der Waals surface area contributed by atoms with E-state index in [4.69, 9.17) is 0 Å². The molecule has 0 aliphatic carbocycles. The van der Waals surface area contributed by atoms with Crippen LogP contribution in [-0.4, -0.2) is 13.4 Å². The Morgan fingerprint density at radius 2 is 2.00 bits per heavy atom. The fraction of sp³-hybridized carbons (Fsp3) is 0.182. The van der Waals surface area contributed by atoms with Gasteiger partial charge in [-0.2, -0.15) is 0 Å². The van der Waals surface area contributed by atoms with E-state index in [0.717, 1.165) is 12.1 Å². The van der Waals surface area contributed by atoms with E-state index < -0.39 is 26.5 Å². The average molecular weight is 320 g/mol. The topological polar surface area (TPSA) is 79.0 Å². The van der Waals surface area contributed by atoms with Gasteiger partial charge in [0.1, 0.15) is 0 Å². The molecular weight excluding hydrogens is 310 g/mol. The summed E-state index contributed by atoms with van der Waals surface area (Å²) in [6, 6.07) is 3.09. The Kier molecular flexibility index (Phi) is 4.02. The van der Waals surface area contributed by atoms with Crippen LogP contribution in [0.25, 0.3) is 0 Å². The van der Waals surface area contributed by atoms with Gasteiger partial charge < -0.3 is 4.98 Å². The number of hydrogen-bond donors (Lipinski definition) is 2. The van der Waals surface area contributed by atoms with Crippen LogP contribution in [0.4, 0.5) is 8.78 Å². The summed E-state index contributed by atoms with van der Waals surface area (Å²) in [5.41, 5.74) is 0.505. The van der Waals surface area contributed by atoms with Gasteiger partial charge in [-0.1, -0.05) is 17.4 Å². The highest BCUT2D eigenvalue weighted by Gasteiger charge is 2.20. The standard InChI is InChI=1S/C11H10F2N2O3S2/c1-6-10(19-11(16)15-6)20(17,18)14-5-7-2-3-8(12)9(13)4-7/h2-4,14H,5H2,1H3,(H,15,16). The highest BCUT2D eigenvalue weighted by molar-refractivity contribution is 7.91. The highest BCUT2D eigenvalue weighted by Crippen LogP contribution is 2.16. The van der Waals surface area contributed by atoms with Crippen molar-refractivity contribution in [3.63, 3.8) is 0 Å². The van der Waals surface area contributed by atoms with Gasteiger partial charge in [-0.3, -0.25) is 4.79 Å². The lowest BCUT2D eigenvalue weighted by Gasteiger charge is -2.06. The van der Waals surface area contributed by atoms with Crippen LogP contribution in [-0.2, 0) is 16.6 Å². The number of rotatable bonds is 4. The number of aromatic nitrogens is 1. The molecule has 2 aromatic rings. The van der Waals surface area contributed by atoms with Crippen molar-refractivity contribution >= 4 is 21.4 Å². The van der Waals surface area contributed by atoms with Gasteiger partial charge in [-0.15, -0.1) is 0 Å². The number of hydrogen-bond acceptors (Lipinski definition) is 4. The molecule has 2 N–H and O–H groups in total. The molecule has 20 heavy (non-hydrogen) atoms. The average Bonchev–Trinajstić information content (AvgIpc) is 2.71. The van der Waals surface area contributed by atoms with Crippen molar-refractivity contribution in [2.75, 3.05) is 0 Å². The molecule has 0 amide bonds. The number of thiazole rings is 1. The van der Waals surface area contributed by atoms with Gasteiger partial charge in [0.15, 0.2) is 15.8 Å². The summed E-state index contributed by atoms with van der Waals surface area (Å²) in [5.74, 6) is -2.06. The smallest absolute Gasteiger partial charge is 0.305 e. The lowest BCUT2D eigenvalue weighted by atomic mass is 10.2. The van der Waals surface area contributed by atoms with Crippen LogP contribution in [0.3, 0.4) is 0 Å². The zero-order valence-corrected chi connectivity index (χ0v) is 11.9. The van der Waals surface area contributed by atoms with Crippen molar-refractivity contribution in [3.05, 3.63) is 50.8 Å². The van der Waals surface area contributed by atoms with Gasteiger partial charge in [-0.05, 0) is 24.6 Å². The molecule has 9 heteroatoms. The van der Waals surface area contributed by atoms with Crippen molar-refractivity contribution in [3.8, 4) is 0 Å². The Morgan fingerprint density at radius 1 is 1.30 bits per heavy atom. The number of benzene rings is 1. The second kappa shape index (κ2) is 5.43. The van der Waals surface area contributed by atoms with E-state index in [1.807, 2.05) is 0 Å². The first-order valence-electron chi connectivity index (χ1n) is 5.43. The minimum atomic E-state index is -3.87. The van der Waals surface area contributed by atoms with Gasteiger partial charge in [-0.25, -0.2) is 21.9 Å². The Labute approximate surface area is 117 Å². The number of aryl methyl sites for hydroxylation is 1. The first-order valence-corrected chi connectivity index (χ1v) is 7.73. The molecule has 0 atom stereocenters. The predicted octanol–water partition coefficient (Wildman–Crippen LogP) is 1.50. The predicted molar refractivity (Wildman–Crippen MR) is 70.1 cm³/mol. The quantitative estimate of drug-likeness (QED) is 0.896. The summed E-state index contributed by atoms with van der Waals surface area (Å²) in [7, 11) is -3.87. The zero-order chi connectivity index (χ0) is 14.9. The van der Waals surface area contributed by atoms with E-state index in [-0.39, 0.29) is 22.0 Å². The van der Waals surface area contributed by atoms with Crippen LogP contribution in [0.5, 0.6) is 0 Å². The van der Waals surface area contributed by atoms with E-state index in [1.165, 1.54) is 13.0 Å². The van der Waals surface area contributed by atoms with Crippen LogP contribution in [0.2, 0.25) is 0 Å². The van der Waals surface area contributed by atoms with E-state index in [9.17, 15) is 22.0 Å². The van der Waals surface area contributed by atoms with Crippen LogP contribution in [0.15, 0.2) is 27.2 Å².